The molecule has 1 aromatic carbocycles. The Hall–Kier alpha value is -1.59. The van der Waals surface area contributed by atoms with Crippen molar-refractivity contribution in [3.63, 3.8) is 0 Å². The number of thiazole rings is 1. The van der Waals surface area contributed by atoms with E-state index in [1.807, 2.05) is 19.2 Å². The summed E-state index contributed by atoms with van der Waals surface area (Å²) in [6.07, 6.45) is 0. The molecule has 1 aromatic heterocycles. The second-order valence-corrected chi connectivity index (χ2v) is 4.91. The number of aryl methyl sites for hydroxylation is 2. The Balaban J connectivity index is 2.42. The van der Waals surface area contributed by atoms with E-state index in [-0.39, 0.29) is 0 Å². The van der Waals surface area contributed by atoms with Crippen LogP contribution in [0.2, 0.25) is 0 Å². The maximum atomic E-state index is 5.58. The number of anilines is 1. The van der Waals surface area contributed by atoms with E-state index in [0.717, 1.165) is 33.3 Å². The summed E-state index contributed by atoms with van der Waals surface area (Å²) in [6.45, 7) is 6.77. The summed E-state index contributed by atoms with van der Waals surface area (Å²) in [4.78, 5) is 4.42. The molecule has 0 atom stereocenters. The van der Waals surface area contributed by atoms with Gasteiger partial charge in [0.05, 0.1) is 12.3 Å². The van der Waals surface area contributed by atoms with Gasteiger partial charge in [0.15, 0.2) is 5.13 Å². The van der Waals surface area contributed by atoms with Crippen LogP contribution >= 0.6 is 11.3 Å². The van der Waals surface area contributed by atoms with Crippen LogP contribution in [0.5, 0.6) is 5.75 Å². The quantitative estimate of drug-likeness (QED) is 0.657. The van der Waals surface area contributed by atoms with Gasteiger partial charge in [0, 0.05) is 10.9 Å². The molecule has 1 heterocycles. The molecule has 5 heteroatoms. The first-order valence-electron chi connectivity index (χ1n) is 5.82. The van der Waals surface area contributed by atoms with E-state index < -0.39 is 0 Å². The van der Waals surface area contributed by atoms with Gasteiger partial charge in [0.2, 0.25) is 0 Å². The lowest BCUT2D eigenvalue weighted by Gasteiger charge is -2.11. The molecule has 0 saturated heterocycles. The third-order valence-electron chi connectivity index (χ3n) is 2.73. The molecule has 96 valence electrons. The van der Waals surface area contributed by atoms with Crippen LogP contribution in [0.4, 0.5) is 5.13 Å². The zero-order chi connectivity index (χ0) is 13.1. The Bertz CT molecular complexity index is 551. The third-order valence-corrected chi connectivity index (χ3v) is 3.50. The molecule has 0 spiro atoms. The predicted molar refractivity (Wildman–Crippen MR) is 76.0 cm³/mol. The third kappa shape index (κ3) is 2.47. The fourth-order valence-electron chi connectivity index (χ4n) is 1.84. The Morgan fingerprint density at radius 1 is 1.33 bits per heavy atom. The summed E-state index contributed by atoms with van der Waals surface area (Å²) < 4.78 is 5.58. The number of nitrogen functional groups attached to an aromatic ring is 1. The number of nitrogens with two attached hydrogens (primary N) is 1. The van der Waals surface area contributed by atoms with Crippen LogP contribution in [0.3, 0.4) is 0 Å². The van der Waals surface area contributed by atoms with Gasteiger partial charge in [-0.25, -0.2) is 10.8 Å². The first-order valence-corrected chi connectivity index (χ1v) is 6.70. The van der Waals surface area contributed by atoms with Crippen LogP contribution in [0.25, 0.3) is 11.3 Å². The second kappa shape index (κ2) is 5.37. The molecular formula is C13H17N3OS. The molecule has 0 amide bonds. The number of nitrogens with zero attached hydrogens (tertiary/aromatic N) is 1. The highest BCUT2D eigenvalue weighted by Crippen LogP contribution is 2.31. The number of hydrogen-bond donors (Lipinski definition) is 2. The van der Waals surface area contributed by atoms with Crippen LogP contribution in [0.1, 0.15) is 18.1 Å². The summed E-state index contributed by atoms with van der Waals surface area (Å²) >= 11 is 1.49. The summed E-state index contributed by atoms with van der Waals surface area (Å²) in [5.41, 5.74) is 6.90. The van der Waals surface area contributed by atoms with Crippen molar-refractivity contribution >= 4 is 16.5 Å². The van der Waals surface area contributed by atoms with Gasteiger partial charge in [0.1, 0.15) is 5.75 Å². The number of rotatable bonds is 4. The van der Waals surface area contributed by atoms with E-state index in [0.29, 0.717) is 6.61 Å². The average molecular weight is 263 g/mol. The first kappa shape index (κ1) is 12.9. The zero-order valence-corrected chi connectivity index (χ0v) is 11.6. The molecule has 0 saturated carbocycles. The number of aromatic nitrogens is 1. The molecule has 0 bridgehead atoms. The normalized spacial score (nSPS) is 10.4. The summed E-state index contributed by atoms with van der Waals surface area (Å²) in [7, 11) is 0. The number of hydrogen-bond acceptors (Lipinski definition) is 5. The van der Waals surface area contributed by atoms with Crippen molar-refractivity contribution in [1.82, 2.24) is 4.98 Å². The van der Waals surface area contributed by atoms with E-state index in [9.17, 15) is 0 Å². The summed E-state index contributed by atoms with van der Waals surface area (Å²) in [5, 5.41) is 2.72. The van der Waals surface area contributed by atoms with Gasteiger partial charge >= 0.3 is 0 Å². The number of nitrogens with one attached hydrogen (secondary N) is 1. The van der Waals surface area contributed by atoms with Crippen LogP contribution < -0.4 is 16.0 Å². The molecule has 0 aliphatic heterocycles. The second-order valence-electron chi connectivity index (χ2n) is 4.05. The molecule has 18 heavy (non-hydrogen) atoms. The van der Waals surface area contributed by atoms with Gasteiger partial charge in [-0.2, -0.15) is 0 Å². The van der Waals surface area contributed by atoms with E-state index in [2.05, 4.69) is 29.5 Å². The van der Waals surface area contributed by atoms with Gasteiger partial charge in [-0.15, -0.1) is 11.3 Å². The smallest absolute Gasteiger partial charge is 0.197 e. The number of hydrazine groups is 1. The highest BCUT2D eigenvalue weighted by atomic mass is 32.1. The lowest BCUT2D eigenvalue weighted by atomic mass is 10.0. The van der Waals surface area contributed by atoms with Crippen molar-refractivity contribution in [2.45, 2.75) is 20.8 Å². The highest BCUT2D eigenvalue weighted by molar-refractivity contribution is 7.14. The standard InChI is InChI=1S/C13H17N3OS/c1-4-17-12-6-8(2)10(5-9(12)3)11-7-18-13(15-11)16-14/h5-7H,4,14H2,1-3H3,(H,15,16). The van der Waals surface area contributed by atoms with Crippen LogP contribution in [0.15, 0.2) is 17.5 Å². The van der Waals surface area contributed by atoms with Crippen molar-refractivity contribution in [1.29, 1.82) is 0 Å². The van der Waals surface area contributed by atoms with Crippen molar-refractivity contribution in [3.8, 4) is 17.0 Å². The molecule has 0 aliphatic rings. The minimum Gasteiger partial charge on any atom is -0.494 e. The lowest BCUT2D eigenvalue weighted by Crippen LogP contribution is -2.05. The SMILES string of the molecule is CCOc1cc(C)c(-c2csc(NN)n2)cc1C. The molecule has 4 nitrogen and oxygen atoms in total. The van der Waals surface area contributed by atoms with Gasteiger partial charge in [-0.1, -0.05) is 0 Å². The average Bonchev–Trinajstić information content (AvgIpc) is 2.82. The minimum absolute atomic E-state index is 0.678. The van der Waals surface area contributed by atoms with E-state index in [1.165, 1.54) is 11.3 Å². The van der Waals surface area contributed by atoms with Crippen LogP contribution in [-0.2, 0) is 0 Å². The summed E-state index contributed by atoms with van der Waals surface area (Å²) in [6, 6.07) is 4.17. The lowest BCUT2D eigenvalue weighted by molar-refractivity contribution is 0.337. The first-order chi connectivity index (χ1) is 8.65. The molecule has 3 N–H and O–H groups in total. The number of ether oxygens (including phenoxy) is 1. The van der Waals surface area contributed by atoms with Crippen molar-refractivity contribution in [3.05, 3.63) is 28.6 Å². The fourth-order valence-corrected chi connectivity index (χ4v) is 2.46. The molecule has 0 aliphatic carbocycles. The maximum absolute atomic E-state index is 5.58. The van der Waals surface area contributed by atoms with Gasteiger partial charge < -0.3 is 4.74 Å². The van der Waals surface area contributed by atoms with Gasteiger partial charge in [-0.05, 0) is 44.0 Å². The molecule has 2 rings (SSSR count). The monoisotopic (exact) mass is 263 g/mol. The molecule has 0 unspecified atom stereocenters. The van der Waals surface area contributed by atoms with Crippen molar-refractivity contribution < 1.29 is 4.74 Å². The Labute approximate surface area is 111 Å². The Morgan fingerprint density at radius 2 is 2.11 bits per heavy atom. The molecule has 2 aromatic rings. The Kier molecular flexibility index (Phi) is 3.84. The topological polar surface area (TPSA) is 60.2 Å². The van der Waals surface area contributed by atoms with Crippen LogP contribution in [-0.4, -0.2) is 11.6 Å². The zero-order valence-electron chi connectivity index (χ0n) is 10.8. The molecule has 0 radical (unpaired) electrons. The maximum Gasteiger partial charge on any atom is 0.197 e. The summed E-state index contributed by atoms with van der Waals surface area (Å²) in [5.74, 6) is 6.29. The van der Waals surface area contributed by atoms with Gasteiger partial charge in [0.25, 0.3) is 0 Å². The van der Waals surface area contributed by atoms with Gasteiger partial charge in [-0.3, -0.25) is 5.43 Å². The molecule has 0 fully saturated rings. The highest BCUT2D eigenvalue weighted by Gasteiger charge is 2.10. The largest absolute Gasteiger partial charge is 0.494 e. The van der Waals surface area contributed by atoms with Crippen molar-refractivity contribution in [2.75, 3.05) is 12.0 Å². The van der Waals surface area contributed by atoms with Crippen LogP contribution in [0, 0.1) is 13.8 Å². The fraction of sp³-hybridized carbons (Fsp3) is 0.308. The Morgan fingerprint density at radius 3 is 2.72 bits per heavy atom. The number of benzene rings is 1. The molecular weight excluding hydrogens is 246 g/mol. The van der Waals surface area contributed by atoms with E-state index in [1.54, 1.807) is 0 Å². The van der Waals surface area contributed by atoms with E-state index >= 15 is 0 Å². The predicted octanol–water partition coefficient (Wildman–Crippen LogP) is 3.11. The van der Waals surface area contributed by atoms with Crippen molar-refractivity contribution in [2.24, 2.45) is 5.84 Å². The minimum atomic E-state index is 0.678. The van der Waals surface area contributed by atoms with E-state index in [4.69, 9.17) is 10.6 Å².